The van der Waals surface area contributed by atoms with Crippen LogP contribution < -0.4 is 0 Å². The molecule has 1 atom stereocenters. The first-order chi connectivity index (χ1) is 14.1. The van der Waals surface area contributed by atoms with Crippen LogP contribution in [0.2, 0.25) is 5.02 Å². The molecule has 1 aromatic carbocycles. The number of likely N-dealkylation sites (tertiary alicyclic amines) is 1. The van der Waals surface area contributed by atoms with Crippen LogP contribution in [-0.2, 0) is 0 Å². The van der Waals surface area contributed by atoms with E-state index in [4.69, 9.17) is 16.0 Å². The average molecular weight is 431 g/mol. The summed E-state index contributed by atoms with van der Waals surface area (Å²) in [5.74, 6) is 1.03. The first-order valence-corrected chi connectivity index (χ1v) is 10.6. The van der Waals surface area contributed by atoms with Crippen molar-refractivity contribution in [1.29, 1.82) is 0 Å². The summed E-state index contributed by atoms with van der Waals surface area (Å²) in [5, 5.41) is 26.0. The van der Waals surface area contributed by atoms with Crippen molar-refractivity contribution in [3.8, 4) is 17.5 Å². The van der Waals surface area contributed by atoms with Crippen molar-refractivity contribution < 1.29 is 14.6 Å². The van der Waals surface area contributed by atoms with Gasteiger partial charge in [0.25, 0.3) is 0 Å². The zero-order chi connectivity index (χ0) is 20.0. The molecule has 1 aliphatic heterocycles. The van der Waals surface area contributed by atoms with Gasteiger partial charge in [0.05, 0.1) is 23.3 Å². The van der Waals surface area contributed by atoms with Gasteiger partial charge in [-0.25, -0.2) is 0 Å². The van der Waals surface area contributed by atoms with E-state index in [1.165, 1.54) is 15.9 Å². The molecule has 0 saturated carbocycles. The topological polar surface area (TPSA) is 87.0 Å². The smallest absolute Gasteiger partial charge is 0.230 e. The molecular weight excluding hydrogens is 412 g/mol. The van der Waals surface area contributed by atoms with Crippen LogP contribution in [0.25, 0.3) is 16.5 Å². The van der Waals surface area contributed by atoms with E-state index in [1.54, 1.807) is 18.4 Å². The molecule has 1 fully saturated rings. The van der Waals surface area contributed by atoms with E-state index in [2.05, 4.69) is 15.0 Å². The van der Waals surface area contributed by atoms with Gasteiger partial charge in [-0.15, -0.1) is 5.10 Å². The third-order valence-electron chi connectivity index (χ3n) is 5.25. The van der Waals surface area contributed by atoms with E-state index in [0.29, 0.717) is 47.5 Å². The number of halogens is 1. The summed E-state index contributed by atoms with van der Waals surface area (Å²) >= 11 is 7.91. The number of aromatic hydroxyl groups is 1. The van der Waals surface area contributed by atoms with Crippen molar-refractivity contribution in [2.24, 2.45) is 0 Å². The number of thiazole rings is 1. The second-order valence-electron chi connectivity index (χ2n) is 7.09. The summed E-state index contributed by atoms with van der Waals surface area (Å²) in [6, 6.07) is 11.0. The maximum atomic E-state index is 11.0. The number of aliphatic hydroxyl groups excluding tert-OH is 1. The second-order valence-corrected chi connectivity index (χ2v) is 8.50. The van der Waals surface area contributed by atoms with Crippen LogP contribution in [0, 0.1) is 0 Å². The Labute approximate surface area is 175 Å². The van der Waals surface area contributed by atoms with Crippen LogP contribution in [0.5, 0.6) is 5.88 Å². The van der Waals surface area contributed by atoms with Crippen LogP contribution in [-0.4, -0.2) is 48.9 Å². The summed E-state index contributed by atoms with van der Waals surface area (Å²) in [4.78, 5) is 8.07. The van der Waals surface area contributed by atoms with Gasteiger partial charge in [0, 0.05) is 18.1 Å². The lowest BCUT2D eigenvalue weighted by Crippen LogP contribution is -2.38. The number of fused-ring (bicyclic) bond motifs is 1. The zero-order valence-corrected chi connectivity index (χ0v) is 17.0. The summed E-state index contributed by atoms with van der Waals surface area (Å²) < 4.78 is 6.81. The summed E-state index contributed by atoms with van der Waals surface area (Å²) in [5.41, 5.74) is 0.914. The summed E-state index contributed by atoms with van der Waals surface area (Å²) in [6.07, 6.45) is 2.65. The van der Waals surface area contributed by atoms with Gasteiger partial charge in [-0.05, 0) is 36.6 Å². The van der Waals surface area contributed by atoms with Crippen LogP contribution in [0.3, 0.4) is 0 Å². The lowest BCUT2D eigenvalue weighted by Gasteiger charge is -2.36. The SMILES string of the molecule is Oc1c([C@H](c2ccccc2Cl)N2CCC(O)CC2)sc2nc(-c3ccco3)nn12. The van der Waals surface area contributed by atoms with Gasteiger partial charge in [0.2, 0.25) is 16.7 Å². The third kappa shape index (κ3) is 3.32. The van der Waals surface area contributed by atoms with Crippen molar-refractivity contribution in [2.75, 3.05) is 13.1 Å². The maximum absolute atomic E-state index is 11.0. The Kier molecular flexibility index (Phi) is 4.79. The van der Waals surface area contributed by atoms with Crippen molar-refractivity contribution in [3.05, 3.63) is 58.1 Å². The van der Waals surface area contributed by atoms with E-state index in [9.17, 15) is 10.2 Å². The van der Waals surface area contributed by atoms with Gasteiger partial charge in [-0.1, -0.05) is 41.1 Å². The lowest BCUT2D eigenvalue weighted by atomic mass is 9.99. The fourth-order valence-electron chi connectivity index (χ4n) is 3.78. The number of furan rings is 1. The molecule has 0 unspecified atom stereocenters. The number of rotatable bonds is 4. The Morgan fingerprint density at radius 2 is 1.97 bits per heavy atom. The first kappa shape index (κ1) is 18.6. The molecule has 0 aliphatic carbocycles. The van der Waals surface area contributed by atoms with Crippen LogP contribution >= 0.6 is 22.9 Å². The minimum absolute atomic E-state index is 0.0475. The zero-order valence-electron chi connectivity index (χ0n) is 15.4. The summed E-state index contributed by atoms with van der Waals surface area (Å²) in [6.45, 7) is 1.42. The highest BCUT2D eigenvalue weighted by Gasteiger charge is 2.33. The number of hydrogen-bond donors (Lipinski definition) is 2. The molecule has 2 N–H and O–H groups in total. The monoisotopic (exact) mass is 430 g/mol. The predicted octanol–water partition coefficient (Wildman–Crippen LogP) is 3.96. The molecule has 150 valence electrons. The van der Waals surface area contributed by atoms with Crippen molar-refractivity contribution in [2.45, 2.75) is 25.0 Å². The number of nitrogens with zero attached hydrogens (tertiary/aromatic N) is 4. The van der Waals surface area contributed by atoms with Crippen LogP contribution in [0.1, 0.15) is 29.3 Å². The second kappa shape index (κ2) is 7.46. The van der Waals surface area contributed by atoms with Gasteiger partial charge in [-0.2, -0.15) is 9.50 Å². The standard InChI is InChI=1S/C20H19ClN4O3S/c21-14-5-2-1-4-13(14)16(24-9-7-12(26)8-10-24)17-19(27)25-20(29-17)22-18(23-25)15-6-3-11-28-15/h1-6,11-12,16,26-27H,7-10H2/t16-/m0/s1. The highest BCUT2D eigenvalue weighted by molar-refractivity contribution is 7.17. The van der Waals surface area contributed by atoms with Crippen molar-refractivity contribution in [1.82, 2.24) is 19.5 Å². The fourth-order valence-corrected chi connectivity index (χ4v) is 5.13. The van der Waals surface area contributed by atoms with Gasteiger partial charge in [0.1, 0.15) is 0 Å². The fraction of sp³-hybridized carbons (Fsp3) is 0.300. The quantitative estimate of drug-likeness (QED) is 0.509. The molecule has 5 rings (SSSR count). The molecule has 4 aromatic rings. The predicted molar refractivity (Wildman–Crippen MR) is 110 cm³/mol. The number of benzene rings is 1. The van der Waals surface area contributed by atoms with E-state index in [1.807, 2.05) is 24.3 Å². The Morgan fingerprint density at radius 1 is 1.17 bits per heavy atom. The van der Waals surface area contributed by atoms with Gasteiger partial charge < -0.3 is 14.6 Å². The van der Waals surface area contributed by atoms with Gasteiger partial charge in [-0.3, -0.25) is 4.90 Å². The molecule has 9 heteroatoms. The Balaban J connectivity index is 1.60. The van der Waals surface area contributed by atoms with E-state index in [0.717, 1.165) is 10.4 Å². The molecule has 7 nitrogen and oxygen atoms in total. The molecule has 1 saturated heterocycles. The minimum Gasteiger partial charge on any atom is -0.492 e. The lowest BCUT2D eigenvalue weighted by molar-refractivity contribution is 0.0690. The molecule has 0 radical (unpaired) electrons. The van der Waals surface area contributed by atoms with E-state index in [-0.39, 0.29) is 18.0 Å². The Bertz CT molecular complexity index is 1130. The molecule has 3 aromatic heterocycles. The molecular formula is C20H19ClN4O3S. The molecule has 0 bridgehead atoms. The molecule has 29 heavy (non-hydrogen) atoms. The average Bonchev–Trinajstić information content (AvgIpc) is 3.44. The van der Waals surface area contributed by atoms with Crippen LogP contribution in [0.4, 0.5) is 0 Å². The van der Waals surface area contributed by atoms with Gasteiger partial charge >= 0.3 is 0 Å². The maximum Gasteiger partial charge on any atom is 0.230 e. The van der Waals surface area contributed by atoms with E-state index < -0.39 is 0 Å². The first-order valence-electron chi connectivity index (χ1n) is 9.40. The number of hydrogen-bond acceptors (Lipinski definition) is 7. The van der Waals surface area contributed by atoms with Gasteiger partial charge in [0.15, 0.2) is 5.76 Å². The highest BCUT2D eigenvalue weighted by Crippen LogP contribution is 2.43. The molecule has 4 heterocycles. The Hall–Kier alpha value is -2.39. The highest BCUT2D eigenvalue weighted by atomic mass is 35.5. The third-order valence-corrected chi connectivity index (χ3v) is 6.67. The molecule has 1 aliphatic rings. The summed E-state index contributed by atoms with van der Waals surface area (Å²) in [7, 11) is 0. The molecule has 0 spiro atoms. The van der Waals surface area contributed by atoms with Crippen molar-refractivity contribution in [3.63, 3.8) is 0 Å². The van der Waals surface area contributed by atoms with E-state index >= 15 is 0 Å². The number of aromatic nitrogens is 3. The Morgan fingerprint density at radius 3 is 2.66 bits per heavy atom. The molecule has 0 amide bonds. The van der Waals surface area contributed by atoms with Crippen molar-refractivity contribution >= 4 is 27.9 Å². The van der Waals surface area contributed by atoms with Crippen LogP contribution in [0.15, 0.2) is 47.1 Å². The minimum atomic E-state index is -0.287. The number of aliphatic hydroxyl groups is 1. The largest absolute Gasteiger partial charge is 0.492 e. The normalized spacial score (nSPS) is 17.2. The number of piperidine rings is 1.